The van der Waals surface area contributed by atoms with Crippen molar-refractivity contribution in [2.45, 2.75) is 45.4 Å². The molecule has 1 amide bonds. The molecule has 0 bridgehead atoms. The lowest BCUT2D eigenvalue weighted by molar-refractivity contribution is -0.131. The normalized spacial score (nSPS) is 15.2. The fourth-order valence-corrected chi connectivity index (χ4v) is 2.68. The Kier molecular flexibility index (Phi) is 6.44. The molecule has 2 rings (SSSR count). The molecule has 1 aromatic carbocycles. The standard InChI is InChI=1S/C18H25NO3/c1-15(20)16-8-10-17(11-9-16)22-14-6-7-18(21)19-12-4-2-3-5-13-19/h8-11H,2-7,12-14H2,1H3. The van der Waals surface area contributed by atoms with Gasteiger partial charge in [0.15, 0.2) is 5.78 Å². The fraction of sp³-hybridized carbons (Fsp3) is 0.556. The maximum absolute atomic E-state index is 12.1. The van der Waals surface area contributed by atoms with Gasteiger partial charge in [0.25, 0.3) is 0 Å². The van der Waals surface area contributed by atoms with E-state index >= 15 is 0 Å². The van der Waals surface area contributed by atoms with Gasteiger partial charge in [-0.3, -0.25) is 9.59 Å². The summed E-state index contributed by atoms with van der Waals surface area (Å²) in [6.07, 6.45) is 6.01. The SMILES string of the molecule is CC(=O)c1ccc(OCCCC(=O)N2CCCCCC2)cc1. The lowest BCUT2D eigenvalue weighted by atomic mass is 10.1. The van der Waals surface area contributed by atoms with Gasteiger partial charge < -0.3 is 9.64 Å². The zero-order valence-corrected chi connectivity index (χ0v) is 13.3. The highest BCUT2D eigenvalue weighted by molar-refractivity contribution is 5.94. The van der Waals surface area contributed by atoms with Gasteiger partial charge in [-0.15, -0.1) is 0 Å². The van der Waals surface area contributed by atoms with E-state index < -0.39 is 0 Å². The van der Waals surface area contributed by atoms with Crippen molar-refractivity contribution in [1.82, 2.24) is 4.90 Å². The molecule has 0 unspecified atom stereocenters. The quantitative estimate of drug-likeness (QED) is 0.597. The van der Waals surface area contributed by atoms with Crippen LogP contribution in [0.15, 0.2) is 24.3 Å². The topological polar surface area (TPSA) is 46.6 Å². The van der Waals surface area contributed by atoms with Crippen molar-refractivity contribution in [3.05, 3.63) is 29.8 Å². The van der Waals surface area contributed by atoms with Crippen molar-refractivity contribution < 1.29 is 14.3 Å². The average Bonchev–Trinajstić information content (AvgIpc) is 2.81. The molecule has 1 aliphatic rings. The zero-order valence-electron chi connectivity index (χ0n) is 13.3. The van der Waals surface area contributed by atoms with Gasteiger partial charge in [-0.05, 0) is 50.5 Å². The molecule has 0 atom stereocenters. The van der Waals surface area contributed by atoms with Crippen molar-refractivity contribution in [3.63, 3.8) is 0 Å². The van der Waals surface area contributed by atoms with Gasteiger partial charge in [0, 0.05) is 25.1 Å². The van der Waals surface area contributed by atoms with E-state index in [4.69, 9.17) is 4.74 Å². The van der Waals surface area contributed by atoms with Gasteiger partial charge in [0.2, 0.25) is 5.91 Å². The summed E-state index contributed by atoms with van der Waals surface area (Å²) >= 11 is 0. The number of hydrogen-bond acceptors (Lipinski definition) is 3. The maximum atomic E-state index is 12.1. The van der Waals surface area contributed by atoms with Crippen LogP contribution in [0.25, 0.3) is 0 Å². The molecule has 0 N–H and O–H groups in total. The third-order valence-electron chi connectivity index (χ3n) is 4.02. The van der Waals surface area contributed by atoms with E-state index in [1.807, 2.05) is 4.90 Å². The Balaban J connectivity index is 1.67. The lowest BCUT2D eigenvalue weighted by Crippen LogP contribution is -2.31. The predicted molar refractivity (Wildman–Crippen MR) is 86.2 cm³/mol. The fourth-order valence-electron chi connectivity index (χ4n) is 2.68. The number of hydrogen-bond donors (Lipinski definition) is 0. The van der Waals surface area contributed by atoms with E-state index in [2.05, 4.69) is 0 Å². The first-order valence-corrected chi connectivity index (χ1v) is 8.18. The second-order valence-corrected chi connectivity index (χ2v) is 5.83. The van der Waals surface area contributed by atoms with Crippen molar-refractivity contribution in [2.24, 2.45) is 0 Å². The number of likely N-dealkylation sites (tertiary alicyclic amines) is 1. The Labute approximate surface area is 132 Å². The maximum Gasteiger partial charge on any atom is 0.222 e. The minimum Gasteiger partial charge on any atom is -0.494 e. The molecule has 4 nitrogen and oxygen atoms in total. The number of amides is 1. The number of rotatable bonds is 6. The molecule has 4 heteroatoms. The molecule has 1 aromatic rings. The van der Waals surface area contributed by atoms with Crippen LogP contribution in [-0.4, -0.2) is 36.3 Å². The van der Waals surface area contributed by atoms with Crippen LogP contribution in [0.1, 0.15) is 55.8 Å². The van der Waals surface area contributed by atoms with Gasteiger partial charge in [-0.25, -0.2) is 0 Å². The summed E-state index contributed by atoms with van der Waals surface area (Å²) in [5.41, 5.74) is 0.684. The first kappa shape index (κ1) is 16.5. The Morgan fingerprint density at radius 3 is 2.27 bits per heavy atom. The van der Waals surface area contributed by atoms with Crippen LogP contribution < -0.4 is 4.74 Å². The summed E-state index contributed by atoms with van der Waals surface area (Å²) in [5, 5.41) is 0. The highest BCUT2D eigenvalue weighted by Gasteiger charge is 2.14. The minimum absolute atomic E-state index is 0.0506. The molecule has 1 saturated heterocycles. The number of ketones is 1. The zero-order chi connectivity index (χ0) is 15.8. The van der Waals surface area contributed by atoms with Crippen LogP contribution >= 0.6 is 0 Å². The summed E-state index contributed by atoms with van der Waals surface area (Å²) in [4.78, 5) is 25.3. The highest BCUT2D eigenvalue weighted by atomic mass is 16.5. The molecule has 22 heavy (non-hydrogen) atoms. The summed E-state index contributed by atoms with van der Waals surface area (Å²) in [6, 6.07) is 7.13. The first-order valence-electron chi connectivity index (χ1n) is 8.18. The summed E-state index contributed by atoms with van der Waals surface area (Å²) < 4.78 is 5.62. The number of ether oxygens (including phenoxy) is 1. The van der Waals surface area contributed by atoms with E-state index in [1.54, 1.807) is 31.2 Å². The Hall–Kier alpha value is -1.84. The van der Waals surface area contributed by atoms with Gasteiger partial charge in [-0.1, -0.05) is 12.8 Å². The smallest absolute Gasteiger partial charge is 0.222 e. The molecular formula is C18H25NO3. The van der Waals surface area contributed by atoms with Crippen LogP contribution in [0.4, 0.5) is 0 Å². The number of carbonyl (C=O) groups excluding carboxylic acids is 2. The Morgan fingerprint density at radius 1 is 1.05 bits per heavy atom. The lowest BCUT2D eigenvalue weighted by Gasteiger charge is -2.20. The van der Waals surface area contributed by atoms with Crippen molar-refractivity contribution in [3.8, 4) is 5.75 Å². The largest absolute Gasteiger partial charge is 0.494 e. The third kappa shape index (κ3) is 5.17. The van der Waals surface area contributed by atoms with E-state index in [0.717, 1.165) is 38.1 Å². The van der Waals surface area contributed by atoms with Gasteiger partial charge in [0.05, 0.1) is 6.61 Å². The van der Waals surface area contributed by atoms with Gasteiger partial charge in [0.1, 0.15) is 5.75 Å². The number of nitrogens with zero attached hydrogens (tertiary/aromatic N) is 1. The van der Waals surface area contributed by atoms with Crippen LogP contribution in [0.3, 0.4) is 0 Å². The summed E-state index contributed by atoms with van der Waals surface area (Å²) in [7, 11) is 0. The molecule has 1 heterocycles. The monoisotopic (exact) mass is 303 g/mol. The van der Waals surface area contributed by atoms with Crippen LogP contribution in [-0.2, 0) is 4.79 Å². The van der Waals surface area contributed by atoms with Crippen LogP contribution in [0, 0.1) is 0 Å². The van der Waals surface area contributed by atoms with Crippen LogP contribution in [0.2, 0.25) is 0 Å². The molecule has 1 fully saturated rings. The van der Waals surface area contributed by atoms with E-state index in [9.17, 15) is 9.59 Å². The van der Waals surface area contributed by atoms with Gasteiger partial charge in [-0.2, -0.15) is 0 Å². The van der Waals surface area contributed by atoms with E-state index in [0.29, 0.717) is 18.6 Å². The van der Waals surface area contributed by atoms with Crippen LogP contribution in [0.5, 0.6) is 5.75 Å². The minimum atomic E-state index is 0.0506. The second-order valence-electron chi connectivity index (χ2n) is 5.83. The van der Waals surface area contributed by atoms with E-state index in [1.165, 1.54) is 12.8 Å². The Bertz CT molecular complexity index is 488. The Morgan fingerprint density at radius 2 is 1.68 bits per heavy atom. The van der Waals surface area contributed by atoms with E-state index in [-0.39, 0.29) is 11.7 Å². The molecule has 0 aromatic heterocycles. The highest BCUT2D eigenvalue weighted by Crippen LogP contribution is 2.14. The van der Waals surface area contributed by atoms with Gasteiger partial charge >= 0.3 is 0 Å². The molecular weight excluding hydrogens is 278 g/mol. The molecule has 0 spiro atoms. The third-order valence-corrected chi connectivity index (χ3v) is 4.02. The summed E-state index contributed by atoms with van der Waals surface area (Å²) in [5.74, 6) is 1.04. The molecule has 0 aliphatic carbocycles. The number of Topliss-reactive ketones (excluding diaryl/α,β-unsaturated/α-hetero) is 1. The summed E-state index contributed by atoms with van der Waals surface area (Å²) in [6.45, 7) is 3.89. The molecule has 120 valence electrons. The van der Waals surface area contributed by atoms with Crippen molar-refractivity contribution >= 4 is 11.7 Å². The average molecular weight is 303 g/mol. The number of benzene rings is 1. The first-order chi connectivity index (χ1) is 10.7. The number of carbonyl (C=O) groups is 2. The molecule has 1 aliphatic heterocycles. The predicted octanol–water partition coefficient (Wildman–Crippen LogP) is 3.45. The van der Waals surface area contributed by atoms with Crippen molar-refractivity contribution in [1.29, 1.82) is 0 Å². The molecule has 0 saturated carbocycles. The second kappa shape index (κ2) is 8.57. The molecule has 0 radical (unpaired) electrons. The van der Waals surface area contributed by atoms with Crippen molar-refractivity contribution in [2.75, 3.05) is 19.7 Å².